The molecular weight excluding hydrogens is 374 g/mol. The molecule has 0 bridgehead atoms. The molecule has 2 aliphatic rings. The zero-order valence-electron chi connectivity index (χ0n) is 16.8. The Morgan fingerprint density at radius 1 is 1.22 bits per heavy atom. The molecule has 1 atom stereocenters. The maximum atomic E-state index is 6.19. The number of thiophene rings is 1. The number of hydrogen-bond donors (Lipinski definition) is 1. The van der Waals surface area contributed by atoms with Crippen LogP contribution in [-0.2, 0) is 17.8 Å². The quantitative estimate of drug-likeness (QED) is 0.459. The Morgan fingerprint density at radius 2 is 2.04 bits per heavy atom. The van der Waals surface area contributed by atoms with Gasteiger partial charge in [-0.05, 0) is 38.2 Å². The lowest BCUT2D eigenvalue weighted by Crippen LogP contribution is -2.34. The Labute approximate surface area is 170 Å². The van der Waals surface area contributed by atoms with Crippen molar-refractivity contribution >= 4 is 39.1 Å². The number of anilines is 1. The molecule has 1 aliphatic carbocycles. The maximum Gasteiger partial charge on any atom is 0.190 e. The molecule has 4 nitrogen and oxygen atoms in total. The topological polar surface area (TPSA) is 47.0 Å². The highest BCUT2D eigenvalue weighted by molar-refractivity contribution is 7.99. The van der Waals surface area contributed by atoms with Crippen LogP contribution in [-0.4, -0.2) is 27.4 Å². The first-order valence-corrected chi connectivity index (χ1v) is 12.3. The van der Waals surface area contributed by atoms with Crippen molar-refractivity contribution in [2.24, 2.45) is 0 Å². The van der Waals surface area contributed by atoms with Gasteiger partial charge in [-0.3, -0.25) is 0 Å². The SMILES string of the molecule is CCCSc1nc(NC2CCCCC2)c2c3c(sc2n1)CO[C@@](C)(CC)C3. The van der Waals surface area contributed by atoms with E-state index in [1.54, 1.807) is 23.1 Å². The van der Waals surface area contributed by atoms with Crippen LogP contribution in [0.2, 0.25) is 0 Å². The molecule has 3 heterocycles. The predicted octanol–water partition coefficient (Wildman–Crippen LogP) is 6.18. The average molecular weight is 406 g/mol. The van der Waals surface area contributed by atoms with Crippen molar-refractivity contribution in [2.75, 3.05) is 11.1 Å². The van der Waals surface area contributed by atoms with Crippen molar-refractivity contribution in [3.8, 4) is 0 Å². The Hall–Kier alpha value is -0.850. The molecule has 148 valence electrons. The van der Waals surface area contributed by atoms with Gasteiger partial charge >= 0.3 is 0 Å². The summed E-state index contributed by atoms with van der Waals surface area (Å²) in [6, 6.07) is 0.550. The maximum absolute atomic E-state index is 6.19. The van der Waals surface area contributed by atoms with Crippen molar-refractivity contribution in [3.05, 3.63) is 10.4 Å². The van der Waals surface area contributed by atoms with Crippen LogP contribution in [0.5, 0.6) is 0 Å². The summed E-state index contributed by atoms with van der Waals surface area (Å²) in [5.41, 5.74) is 1.36. The lowest BCUT2D eigenvalue weighted by Gasteiger charge is -2.33. The summed E-state index contributed by atoms with van der Waals surface area (Å²) in [7, 11) is 0. The van der Waals surface area contributed by atoms with Crippen molar-refractivity contribution in [1.29, 1.82) is 0 Å². The van der Waals surface area contributed by atoms with E-state index in [2.05, 4.69) is 26.1 Å². The first kappa shape index (κ1) is 19.5. The van der Waals surface area contributed by atoms with Crippen LogP contribution >= 0.6 is 23.1 Å². The molecule has 2 aromatic heterocycles. The van der Waals surface area contributed by atoms with Gasteiger partial charge in [0.05, 0.1) is 17.6 Å². The van der Waals surface area contributed by atoms with Gasteiger partial charge in [-0.1, -0.05) is 44.9 Å². The van der Waals surface area contributed by atoms with E-state index < -0.39 is 0 Å². The third-order valence-electron chi connectivity index (χ3n) is 5.95. The van der Waals surface area contributed by atoms with Gasteiger partial charge in [-0.25, -0.2) is 9.97 Å². The molecule has 1 saturated carbocycles. The molecule has 0 spiro atoms. The molecule has 1 aliphatic heterocycles. The Kier molecular flexibility index (Phi) is 5.95. The third kappa shape index (κ3) is 4.13. The molecule has 6 heteroatoms. The van der Waals surface area contributed by atoms with E-state index in [0.717, 1.165) is 40.8 Å². The average Bonchev–Trinajstić information content (AvgIpc) is 3.04. The van der Waals surface area contributed by atoms with Crippen molar-refractivity contribution in [2.45, 2.75) is 95.5 Å². The number of nitrogens with one attached hydrogen (secondary N) is 1. The fourth-order valence-electron chi connectivity index (χ4n) is 4.08. The van der Waals surface area contributed by atoms with E-state index in [0.29, 0.717) is 12.6 Å². The predicted molar refractivity (Wildman–Crippen MR) is 116 cm³/mol. The molecule has 0 aromatic carbocycles. The van der Waals surface area contributed by atoms with Gasteiger partial charge in [-0.15, -0.1) is 11.3 Å². The van der Waals surface area contributed by atoms with Gasteiger partial charge in [0.1, 0.15) is 10.6 Å². The van der Waals surface area contributed by atoms with E-state index in [9.17, 15) is 0 Å². The van der Waals surface area contributed by atoms with Crippen LogP contribution in [0.4, 0.5) is 5.82 Å². The summed E-state index contributed by atoms with van der Waals surface area (Å²) >= 11 is 3.58. The highest BCUT2D eigenvalue weighted by Crippen LogP contribution is 2.43. The molecule has 4 rings (SSSR count). The largest absolute Gasteiger partial charge is 0.369 e. The first-order valence-electron chi connectivity index (χ1n) is 10.5. The normalized spacial score (nSPS) is 23.5. The second-order valence-electron chi connectivity index (χ2n) is 8.14. The summed E-state index contributed by atoms with van der Waals surface area (Å²) in [6.45, 7) is 7.37. The molecule has 0 saturated heterocycles. The Morgan fingerprint density at radius 3 is 2.78 bits per heavy atom. The monoisotopic (exact) mass is 405 g/mol. The minimum absolute atomic E-state index is 0.0707. The minimum atomic E-state index is -0.0707. The molecular formula is C21H31N3OS2. The van der Waals surface area contributed by atoms with Gasteiger partial charge < -0.3 is 10.1 Å². The zero-order valence-corrected chi connectivity index (χ0v) is 18.4. The fraction of sp³-hybridized carbons (Fsp3) is 0.714. The third-order valence-corrected chi connectivity index (χ3v) is 8.10. The zero-order chi connectivity index (χ0) is 18.9. The second kappa shape index (κ2) is 8.26. The number of aromatic nitrogens is 2. The van der Waals surface area contributed by atoms with Crippen LogP contribution in [0.15, 0.2) is 5.16 Å². The number of hydrogen-bond acceptors (Lipinski definition) is 6. The van der Waals surface area contributed by atoms with Crippen LogP contribution in [0.1, 0.15) is 76.2 Å². The van der Waals surface area contributed by atoms with E-state index >= 15 is 0 Å². The number of thioether (sulfide) groups is 1. The number of rotatable bonds is 6. The van der Waals surface area contributed by atoms with E-state index in [1.165, 1.54) is 47.9 Å². The number of nitrogens with zero attached hydrogens (tertiary/aromatic N) is 2. The van der Waals surface area contributed by atoms with Gasteiger partial charge in [-0.2, -0.15) is 0 Å². The van der Waals surface area contributed by atoms with Crippen LogP contribution in [0, 0.1) is 0 Å². The van der Waals surface area contributed by atoms with Gasteiger partial charge in [0, 0.05) is 23.1 Å². The van der Waals surface area contributed by atoms with Gasteiger partial charge in [0.25, 0.3) is 0 Å². The fourth-order valence-corrected chi connectivity index (χ4v) is 5.94. The van der Waals surface area contributed by atoms with Crippen LogP contribution in [0.25, 0.3) is 10.2 Å². The molecule has 27 heavy (non-hydrogen) atoms. The van der Waals surface area contributed by atoms with Gasteiger partial charge in [0.15, 0.2) is 5.16 Å². The summed E-state index contributed by atoms with van der Waals surface area (Å²) in [5, 5.41) is 6.01. The van der Waals surface area contributed by atoms with Crippen LogP contribution in [0.3, 0.4) is 0 Å². The van der Waals surface area contributed by atoms with Crippen LogP contribution < -0.4 is 5.32 Å². The summed E-state index contributed by atoms with van der Waals surface area (Å²) in [6.07, 6.45) is 9.66. The van der Waals surface area contributed by atoms with E-state index in [4.69, 9.17) is 14.7 Å². The van der Waals surface area contributed by atoms with Crippen molar-refractivity contribution < 1.29 is 4.74 Å². The minimum Gasteiger partial charge on any atom is -0.369 e. The Bertz CT molecular complexity index is 800. The molecule has 0 radical (unpaired) electrons. The first-order chi connectivity index (χ1) is 13.1. The van der Waals surface area contributed by atoms with Crippen molar-refractivity contribution in [3.63, 3.8) is 0 Å². The number of fused-ring (bicyclic) bond motifs is 3. The van der Waals surface area contributed by atoms with E-state index in [1.807, 2.05) is 0 Å². The molecule has 0 unspecified atom stereocenters. The lowest BCUT2D eigenvalue weighted by molar-refractivity contribution is -0.0542. The van der Waals surface area contributed by atoms with Crippen molar-refractivity contribution in [1.82, 2.24) is 9.97 Å². The summed E-state index contributed by atoms with van der Waals surface area (Å²) in [5.74, 6) is 2.14. The molecule has 1 N–H and O–H groups in total. The highest BCUT2D eigenvalue weighted by Gasteiger charge is 2.33. The molecule has 0 amide bonds. The summed E-state index contributed by atoms with van der Waals surface area (Å²) in [4.78, 5) is 12.4. The standard InChI is InChI=1S/C21H31N3OS2/c1-4-11-26-20-23-18(22-14-9-7-6-8-10-14)17-15-12-21(3,5-2)25-13-16(15)27-19(17)24-20/h14H,4-13H2,1-3H3,(H,22,23,24)/t21-/m0/s1. The number of ether oxygens (including phenoxy) is 1. The lowest BCUT2D eigenvalue weighted by atomic mass is 9.90. The van der Waals surface area contributed by atoms with E-state index in [-0.39, 0.29) is 5.60 Å². The van der Waals surface area contributed by atoms with Gasteiger partial charge in [0.2, 0.25) is 0 Å². The second-order valence-corrected chi connectivity index (χ2v) is 10.3. The smallest absolute Gasteiger partial charge is 0.190 e. The molecule has 1 fully saturated rings. The Balaban J connectivity index is 1.75. The highest BCUT2D eigenvalue weighted by atomic mass is 32.2. The molecule has 2 aromatic rings. The summed E-state index contributed by atoms with van der Waals surface area (Å²) < 4.78 is 6.19.